The van der Waals surface area contributed by atoms with Gasteiger partial charge in [-0.25, -0.2) is 4.68 Å². The molecule has 1 aromatic heterocycles. The van der Waals surface area contributed by atoms with Crippen molar-refractivity contribution in [3.8, 4) is 11.5 Å². The van der Waals surface area contributed by atoms with Crippen LogP contribution in [0.5, 0.6) is 11.5 Å². The van der Waals surface area contributed by atoms with E-state index in [0.717, 1.165) is 47.8 Å². The lowest BCUT2D eigenvalue weighted by molar-refractivity contribution is 0.0620. The second kappa shape index (κ2) is 9.07. The van der Waals surface area contributed by atoms with Crippen molar-refractivity contribution in [3.63, 3.8) is 0 Å². The maximum atomic E-state index is 13.1. The highest BCUT2D eigenvalue weighted by atomic mass is 16.7. The first-order valence-corrected chi connectivity index (χ1v) is 11.1. The van der Waals surface area contributed by atoms with Crippen LogP contribution in [-0.4, -0.2) is 58.5 Å². The van der Waals surface area contributed by atoms with E-state index in [2.05, 4.69) is 10.00 Å². The molecular formula is C25H26N4O4. The Morgan fingerprint density at radius 1 is 0.879 bits per heavy atom. The molecule has 33 heavy (non-hydrogen) atoms. The van der Waals surface area contributed by atoms with Crippen molar-refractivity contribution >= 4 is 5.91 Å². The normalized spacial score (nSPS) is 15.6. The smallest absolute Gasteiger partial charge is 0.274 e. The summed E-state index contributed by atoms with van der Waals surface area (Å²) in [6.45, 7) is 6.17. The van der Waals surface area contributed by atoms with Crippen LogP contribution in [0.3, 0.4) is 0 Å². The van der Waals surface area contributed by atoms with E-state index in [-0.39, 0.29) is 18.3 Å². The molecule has 8 heteroatoms. The largest absolute Gasteiger partial charge is 0.454 e. The first-order valence-electron chi connectivity index (χ1n) is 11.1. The van der Waals surface area contributed by atoms with Crippen LogP contribution in [0.1, 0.15) is 27.2 Å². The second-order valence-electron chi connectivity index (χ2n) is 8.46. The monoisotopic (exact) mass is 446 g/mol. The molecule has 3 heterocycles. The zero-order valence-corrected chi connectivity index (χ0v) is 18.6. The number of fused-ring (bicyclic) bond motifs is 1. The van der Waals surface area contributed by atoms with Crippen molar-refractivity contribution in [2.75, 3.05) is 33.0 Å². The minimum absolute atomic E-state index is 0.143. The van der Waals surface area contributed by atoms with Crippen molar-refractivity contribution in [1.82, 2.24) is 19.6 Å². The molecule has 0 aliphatic carbocycles. The number of benzene rings is 2. The molecule has 0 atom stereocenters. The van der Waals surface area contributed by atoms with Gasteiger partial charge in [0.1, 0.15) is 5.69 Å². The molecule has 0 bridgehead atoms. The third-order valence-corrected chi connectivity index (χ3v) is 6.04. The fourth-order valence-corrected chi connectivity index (χ4v) is 4.11. The van der Waals surface area contributed by atoms with Crippen LogP contribution in [-0.2, 0) is 13.1 Å². The number of piperazine rings is 1. The van der Waals surface area contributed by atoms with Crippen LogP contribution in [0.2, 0.25) is 0 Å². The van der Waals surface area contributed by atoms with Crippen LogP contribution >= 0.6 is 0 Å². The lowest BCUT2D eigenvalue weighted by atomic mass is 10.1. The van der Waals surface area contributed by atoms with E-state index in [9.17, 15) is 9.59 Å². The Morgan fingerprint density at radius 3 is 2.39 bits per heavy atom. The predicted octanol–water partition coefficient (Wildman–Crippen LogP) is 2.29. The van der Waals surface area contributed by atoms with Gasteiger partial charge in [0.05, 0.1) is 6.54 Å². The standard InChI is InChI=1S/C25H26N4O4/c1-18-2-4-19(5-3-18)16-29-24(30)9-7-21(26-29)25(31)28-12-10-27(11-13-28)15-20-6-8-22-23(14-20)33-17-32-22/h2-9,14H,10-13,15-17H2,1H3. The molecule has 0 radical (unpaired) electrons. The minimum Gasteiger partial charge on any atom is -0.454 e. The summed E-state index contributed by atoms with van der Waals surface area (Å²) in [4.78, 5) is 29.5. The molecule has 1 saturated heterocycles. The Balaban J connectivity index is 1.21. The SMILES string of the molecule is Cc1ccc(Cn2nc(C(=O)N3CCN(Cc4ccc5c(c4)OCO5)CC3)ccc2=O)cc1. The molecule has 0 saturated carbocycles. The van der Waals surface area contributed by atoms with E-state index in [4.69, 9.17) is 9.47 Å². The maximum Gasteiger partial charge on any atom is 0.274 e. The zero-order chi connectivity index (χ0) is 22.8. The van der Waals surface area contributed by atoms with Crippen molar-refractivity contribution < 1.29 is 14.3 Å². The molecule has 0 unspecified atom stereocenters. The highest BCUT2D eigenvalue weighted by molar-refractivity contribution is 5.92. The fraction of sp³-hybridized carbons (Fsp3) is 0.320. The molecule has 1 fully saturated rings. The van der Waals surface area contributed by atoms with Crippen LogP contribution in [0.4, 0.5) is 0 Å². The van der Waals surface area contributed by atoms with Crippen LogP contribution in [0.15, 0.2) is 59.4 Å². The van der Waals surface area contributed by atoms with Gasteiger partial charge in [-0.1, -0.05) is 35.9 Å². The van der Waals surface area contributed by atoms with Crippen molar-refractivity contribution in [3.05, 3.63) is 87.3 Å². The summed E-state index contributed by atoms with van der Waals surface area (Å²) in [5.74, 6) is 1.42. The molecule has 2 aromatic carbocycles. The van der Waals surface area contributed by atoms with E-state index in [1.165, 1.54) is 16.8 Å². The van der Waals surface area contributed by atoms with Gasteiger partial charge in [-0.15, -0.1) is 0 Å². The van der Waals surface area contributed by atoms with Crippen molar-refractivity contribution in [1.29, 1.82) is 0 Å². The molecule has 1 amide bonds. The molecule has 8 nitrogen and oxygen atoms in total. The minimum atomic E-state index is -0.222. The lowest BCUT2D eigenvalue weighted by Crippen LogP contribution is -2.48. The first-order chi connectivity index (χ1) is 16.0. The number of rotatable bonds is 5. The molecule has 3 aromatic rings. The van der Waals surface area contributed by atoms with Crippen molar-refractivity contribution in [2.45, 2.75) is 20.0 Å². The second-order valence-corrected chi connectivity index (χ2v) is 8.46. The van der Waals surface area contributed by atoms with Gasteiger partial charge < -0.3 is 14.4 Å². The van der Waals surface area contributed by atoms with Gasteiger partial charge in [0.2, 0.25) is 6.79 Å². The molecule has 0 spiro atoms. The number of carbonyl (C=O) groups is 1. The van der Waals surface area contributed by atoms with Gasteiger partial charge in [-0.3, -0.25) is 14.5 Å². The third kappa shape index (κ3) is 4.75. The van der Waals surface area contributed by atoms with E-state index in [0.29, 0.717) is 25.3 Å². The summed E-state index contributed by atoms with van der Waals surface area (Å²) in [7, 11) is 0. The van der Waals surface area contributed by atoms with E-state index >= 15 is 0 Å². The number of hydrogen-bond acceptors (Lipinski definition) is 6. The van der Waals surface area contributed by atoms with Gasteiger partial charge in [0.25, 0.3) is 11.5 Å². The zero-order valence-electron chi connectivity index (χ0n) is 18.6. The number of aryl methyl sites for hydroxylation is 1. The Bertz CT molecular complexity index is 1210. The summed E-state index contributed by atoms with van der Waals surface area (Å²) in [5, 5.41) is 4.36. The van der Waals surface area contributed by atoms with E-state index < -0.39 is 0 Å². The molecular weight excluding hydrogens is 420 g/mol. The first kappa shape index (κ1) is 21.2. The molecule has 5 rings (SSSR count). The summed E-state index contributed by atoms with van der Waals surface area (Å²) in [6.07, 6.45) is 0. The summed E-state index contributed by atoms with van der Waals surface area (Å²) >= 11 is 0. The fourth-order valence-electron chi connectivity index (χ4n) is 4.11. The molecule has 2 aliphatic heterocycles. The average Bonchev–Trinajstić information content (AvgIpc) is 3.30. The summed E-state index contributed by atoms with van der Waals surface area (Å²) < 4.78 is 12.2. The average molecular weight is 447 g/mol. The number of amides is 1. The maximum absolute atomic E-state index is 13.1. The van der Waals surface area contributed by atoms with Gasteiger partial charge in [0, 0.05) is 38.8 Å². The quantitative estimate of drug-likeness (QED) is 0.599. The summed E-state index contributed by atoms with van der Waals surface area (Å²) in [6, 6.07) is 16.9. The Hall–Kier alpha value is -3.65. The van der Waals surface area contributed by atoms with Gasteiger partial charge in [-0.05, 0) is 36.2 Å². The van der Waals surface area contributed by atoms with E-state index in [1.54, 1.807) is 4.90 Å². The molecule has 2 aliphatic rings. The number of ether oxygens (including phenoxy) is 2. The summed E-state index contributed by atoms with van der Waals surface area (Å²) in [5.41, 5.74) is 3.35. The number of aromatic nitrogens is 2. The molecule has 170 valence electrons. The van der Waals surface area contributed by atoms with Gasteiger partial charge in [0.15, 0.2) is 11.5 Å². The van der Waals surface area contributed by atoms with Gasteiger partial charge >= 0.3 is 0 Å². The number of hydrogen-bond donors (Lipinski definition) is 0. The lowest BCUT2D eigenvalue weighted by Gasteiger charge is -2.34. The van der Waals surface area contributed by atoms with Crippen LogP contribution < -0.4 is 15.0 Å². The van der Waals surface area contributed by atoms with Crippen molar-refractivity contribution in [2.24, 2.45) is 0 Å². The number of nitrogens with zero attached hydrogens (tertiary/aromatic N) is 4. The number of carbonyl (C=O) groups excluding carboxylic acids is 1. The Morgan fingerprint density at radius 2 is 1.61 bits per heavy atom. The van der Waals surface area contributed by atoms with Crippen LogP contribution in [0, 0.1) is 6.92 Å². The third-order valence-electron chi connectivity index (χ3n) is 6.04. The van der Waals surface area contributed by atoms with Crippen LogP contribution in [0.25, 0.3) is 0 Å². The van der Waals surface area contributed by atoms with E-state index in [1.807, 2.05) is 49.4 Å². The topological polar surface area (TPSA) is 76.9 Å². The van der Waals surface area contributed by atoms with Gasteiger partial charge in [-0.2, -0.15) is 5.10 Å². The Kier molecular flexibility index (Phi) is 5.83. The predicted molar refractivity (Wildman–Crippen MR) is 123 cm³/mol. The Labute approximate surface area is 192 Å². The highest BCUT2D eigenvalue weighted by Gasteiger charge is 2.24. The molecule has 0 N–H and O–H groups in total. The highest BCUT2D eigenvalue weighted by Crippen LogP contribution is 2.32.